The molecule has 19 heavy (non-hydrogen) atoms. The van der Waals surface area contributed by atoms with Crippen LogP contribution in [0.25, 0.3) is 0 Å². The Morgan fingerprint density at radius 1 is 1.58 bits per heavy atom. The molecule has 0 atom stereocenters. The monoisotopic (exact) mass is 262 g/mol. The normalized spacial score (nSPS) is 17.7. The van der Waals surface area contributed by atoms with Gasteiger partial charge in [0.25, 0.3) is 0 Å². The third-order valence-corrected chi connectivity index (χ3v) is 4.15. The molecule has 0 aliphatic heterocycles. The Labute approximate surface area is 113 Å². The van der Waals surface area contributed by atoms with E-state index >= 15 is 0 Å². The molecule has 1 heterocycles. The SMILES string of the molecule is CC(C)C1(CNCc2cccnc2/C(N)=N/O)CC1. The second kappa shape index (κ2) is 5.57. The van der Waals surface area contributed by atoms with Crippen LogP contribution in [0.3, 0.4) is 0 Å². The minimum absolute atomic E-state index is 0.0578. The first-order valence-corrected chi connectivity index (χ1v) is 6.71. The van der Waals surface area contributed by atoms with Crippen molar-refractivity contribution in [2.45, 2.75) is 33.2 Å². The summed E-state index contributed by atoms with van der Waals surface area (Å²) in [6.07, 6.45) is 4.25. The highest BCUT2D eigenvalue weighted by molar-refractivity contribution is 5.96. The molecule has 1 aliphatic rings. The van der Waals surface area contributed by atoms with Crippen LogP contribution in [0.5, 0.6) is 0 Å². The molecule has 1 saturated carbocycles. The molecule has 5 heteroatoms. The van der Waals surface area contributed by atoms with Crippen LogP contribution in [0, 0.1) is 11.3 Å². The fourth-order valence-electron chi connectivity index (χ4n) is 2.42. The molecule has 1 aliphatic carbocycles. The summed E-state index contributed by atoms with van der Waals surface area (Å²) in [7, 11) is 0. The van der Waals surface area contributed by atoms with E-state index in [-0.39, 0.29) is 5.84 Å². The fourth-order valence-corrected chi connectivity index (χ4v) is 2.42. The molecule has 104 valence electrons. The van der Waals surface area contributed by atoms with E-state index in [4.69, 9.17) is 10.9 Å². The highest BCUT2D eigenvalue weighted by atomic mass is 16.4. The van der Waals surface area contributed by atoms with Gasteiger partial charge in [0.1, 0.15) is 5.69 Å². The zero-order chi connectivity index (χ0) is 13.9. The highest BCUT2D eigenvalue weighted by Gasteiger charge is 2.44. The maximum Gasteiger partial charge on any atom is 0.189 e. The van der Waals surface area contributed by atoms with Gasteiger partial charge in [0.15, 0.2) is 5.84 Å². The van der Waals surface area contributed by atoms with Crippen LogP contribution >= 0.6 is 0 Å². The second-order valence-electron chi connectivity index (χ2n) is 5.62. The van der Waals surface area contributed by atoms with Gasteiger partial charge in [-0.3, -0.25) is 4.98 Å². The van der Waals surface area contributed by atoms with Crippen LogP contribution in [-0.2, 0) is 6.54 Å². The summed E-state index contributed by atoms with van der Waals surface area (Å²) in [5.41, 5.74) is 7.60. The quantitative estimate of drug-likeness (QED) is 0.315. The van der Waals surface area contributed by atoms with Gasteiger partial charge >= 0.3 is 0 Å². The average Bonchev–Trinajstić information content (AvgIpc) is 3.20. The molecule has 0 amide bonds. The van der Waals surface area contributed by atoms with Gasteiger partial charge in [-0.15, -0.1) is 0 Å². The predicted octanol–water partition coefficient (Wildman–Crippen LogP) is 1.70. The Morgan fingerprint density at radius 3 is 2.89 bits per heavy atom. The molecule has 0 unspecified atom stereocenters. The van der Waals surface area contributed by atoms with Gasteiger partial charge in [-0.2, -0.15) is 0 Å². The molecule has 0 bridgehead atoms. The van der Waals surface area contributed by atoms with Crippen molar-refractivity contribution in [3.8, 4) is 0 Å². The summed E-state index contributed by atoms with van der Waals surface area (Å²) in [4.78, 5) is 4.16. The first-order valence-electron chi connectivity index (χ1n) is 6.71. The van der Waals surface area contributed by atoms with Gasteiger partial charge in [0.05, 0.1) is 0 Å². The number of nitrogens with zero attached hydrogens (tertiary/aromatic N) is 2. The fraction of sp³-hybridized carbons (Fsp3) is 0.571. The second-order valence-corrected chi connectivity index (χ2v) is 5.62. The molecule has 5 nitrogen and oxygen atoms in total. The van der Waals surface area contributed by atoms with Gasteiger partial charge in [0.2, 0.25) is 0 Å². The van der Waals surface area contributed by atoms with Gasteiger partial charge in [-0.25, -0.2) is 0 Å². The van der Waals surface area contributed by atoms with Crippen molar-refractivity contribution in [3.63, 3.8) is 0 Å². The summed E-state index contributed by atoms with van der Waals surface area (Å²) in [6, 6.07) is 3.81. The van der Waals surface area contributed by atoms with Crippen LogP contribution < -0.4 is 11.1 Å². The van der Waals surface area contributed by atoms with E-state index in [2.05, 4.69) is 29.3 Å². The number of pyridine rings is 1. The average molecular weight is 262 g/mol. The minimum Gasteiger partial charge on any atom is -0.409 e. The summed E-state index contributed by atoms with van der Waals surface area (Å²) in [6.45, 7) is 6.25. The molecular weight excluding hydrogens is 240 g/mol. The van der Waals surface area contributed by atoms with Crippen molar-refractivity contribution >= 4 is 5.84 Å². The Balaban J connectivity index is 1.97. The summed E-state index contributed by atoms with van der Waals surface area (Å²) in [5.74, 6) is 0.764. The van der Waals surface area contributed by atoms with Crippen LogP contribution in [0.1, 0.15) is 37.9 Å². The van der Waals surface area contributed by atoms with Gasteiger partial charge < -0.3 is 16.3 Å². The number of aromatic nitrogens is 1. The maximum absolute atomic E-state index is 8.75. The van der Waals surface area contributed by atoms with E-state index in [1.54, 1.807) is 6.20 Å². The number of nitrogens with one attached hydrogen (secondary N) is 1. The van der Waals surface area contributed by atoms with Crippen molar-refractivity contribution in [2.75, 3.05) is 6.54 Å². The van der Waals surface area contributed by atoms with Crippen LogP contribution in [-0.4, -0.2) is 22.6 Å². The van der Waals surface area contributed by atoms with Crippen molar-refractivity contribution in [1.82, 2.24) is 10.3 Å². The van der Waals surface area contributed by atoms with E-state index < -0.39 is 0 Å². The molecule has 0 radical (unpaired) electrons. The molecule has 1 aromatic rings. The van der Waals surface area contributed by atoms with Crippen molar-refractivity contribution < 1.29 is 5.21 Å². The van der Waals surface area contributed by atoms with Crippen molar-refractivity contribution in [2.24, 2.45) is 22.2 Å². The Bertz CT molecular complexity index is 466. The lowest BCUT2D eigenvalue weighted by molar-refractivity contribution is 0.318. The van der Waals surface area contributed by atoms with Gasteiger partial charge in [0, 0.05) is 19.3 Å². The zero-order valence-electron chi connectivity index (χ0n) is 11.6. The first kappa shape index (κ1) is 13.8. The van der Waals surface area contributed by atoms with Crippen LogP contribution in [0.15, 0.2) is 23.5 Å². The number of amidine groups is 1. The third kappa shape index (κ3) is 3.04. The Hall–Kier alpha value is -1.62. The van der Waals surface area contributed by atoms with E-state index in [1.165, 1.54) is 12.8 Å². The molecule has 2 rings (SSSR count). The highest BCUT2D eigenvalue weighted by Crippen LogP contribution is 2.51. The van der Waals surface area contributed by atoms with Crippen LogP contribution in [0.4, 0.5) is 0 Å². The number of hydrogen-bond donors (Lipinski definition) is 3. The van der Waals surface area contributed by atoms with Gasteiger partial charge in [-0.05, 0) is 35.8 Å². The Morgan fingerprint density at radius 2 is 2.32 bits per heavy atom. The van der Waals surface area contributed by atoms with E-state index in [0.717, 1.165) is 12.1 Å². The number of hydrogen-bond acceptors (Lipinski definition) is 4. The molecule has 4 N–H and O–H groups in total. The number of rotatable bonds is 6. The van der Waals surface area contributed by atoms with Crippen molar-refractivity contribution in [1.29, 1.82) is 0 Å². The smallest absolute Gasteiger partial charge is 0.189 e. The topological polar surface area (TPSA) is 83.5 Å². The molecule has 1 aromatic heterocycles. The molecular formula is C14H22N4O. The van der Waals surface area contributed by atoms with Crippen molar-refractivity contribution in [3.05, 3.63) is 29.6 Å². The standard InChI is InChI=1S/C14H22N4O/c1-10(2)14(5-6-14)9-16-8-11-4-3-7-17-12(11)13(15)18-19/h3-4,7,10,16,19H,5-6,8-9H2,1-2H3,(H2,15,18). The third-order valence-electron chi connectivity index (χ3n) is 4.15. The molecule has 0 spiro atoms. The van der Waals surface area contributed by atoms with Gasteiger partial charge in [-0.1, -0.05) is 25.1 Å². The maximum atomic E-state index is 8.75. The summed E-state index contributed by atoms with van der Waals surface area (Å²) in [5, 5.41) is 15.2. The largest absolute Gasteiger partial charge is 0.409 e. The number of nitrogens with two attached hydrogens (primary N) is 1. The summed E-state index contributed by atoms with van der Waals surface area (Å²) < 4.78 is 0. The minimum atomic E-state index is 0.0578. The van der Waals surface area contributed by atoms with E-state index in [9.17, 15) is 0 Å². The predicted molar refractivity (Wildman–Crippen MR) is 75.0 cm³/mol. The lowest BCUT2D eigenvalue weighted by Crippen LogP contribution is -2.28. The molecule has 1 fully saturated rings. The lowest BCUT2D eigenvalue weighted by atomic mass is 9.92. The van der Waals surface area contributed by atoms with E-state index in [0.29, 0.717) is 23.6 Å². The Kier molecular flexibility index (Phi) is 4.04. The zero-order valence-corrected chi connectivity index (χ0v) is 11.6. The number of oxime groups is 1. The van der Waals surface area contributed by atoms with E-state index in [1.807, 2.05) is 12.1 Å². The molecule has 0 saturated heterocycles. The first-order chi connectivity index (χ1) is 9.09. The summed E-state index contributed by atoms with van der Waals surface area (Å²) >= 11 is 0. The molecule has 0 aromatic carbocycles. The lowest BCUT2D eigenvalue weighted by Gasteiger charge is -2.20. The van der Waals surface area contributed by atoms with Crippen LogP contribution in [0.2, 0.25) is 0 Å².